The van der Waals surface area contributed by atoms with E-state index < -0.39 is 5.97 Å². The van der Waals surface area contributed by atoms with E-state index in [1.807, 2.05) is 24.3 Å². The van der Waals surface area contributed by atoms with Gasteiger partial charge in [0.05, 0.1) is 28.4 Å². The predicted octanol–water partition coefficient (Wildman–Crippen LogP) is 4.14. The highest BCUT2D eigenvalue weighted by molar-refractivity contribution is 6.13. The van der Waals surface area contributed by atoms with Crippen LogP contribution in [0, 0.1) is 0 Å². The lowest BCUT2D eigenvalue weighted by Gasteiger charge is -2.13. The first-order chi connectivity index (χ1) is 15.0. The third-order valence-corrected chi connectivity index (χ3v) is 4.53. The van der Waals surface area contributed by atoms with E-state index in [1.54, 1.807) is 40.6 Å². The molecule has 0 aliphatic heterocycles. The average molecular weight is 431 g/mol. The van der Waals surface area contributed by atoms with Gasteiger partial charge in [-0.25, -0.2) is 0 Å². The van der Waals surface area contributed by atoms with Crippen molar-refractivity contribution < 1.29 is 33.7 Å². The highest BCUT2D eigenvalue weighted by Crippen LogP contribution is 2.28. The number of ether oxygens (including phenoxy) is 4. The summed E-state index contributed by atoms with van der Waals surface area (Å²) in [7, 11) is 6.32. The Labute approximate surface area is 182 Å². The van der Waals surface area contributed by atoms with Gasteiger partial charge in [0.15, 0.2) is 0 Å². The summed E-state index contributed by atoms with van der Waals surface area (Å²) in [6, 6.07) is 10.9. The third kappa shape index (κ3) is 7.40. The number of carboxylic acids is 1. The topological polar surface area (TPSA) is 95.8 Å². The Kier molecular flexibility index (Phi) is 9.48. The van der Waals surface area contributed by atoms with E-state index in [2.05, 4.69) is 5.16 Å². The zero-order chi connectivity index (χ0) is 22.6. The molecule has 8 heteroatoms. The van der Waals surface area contributed by atoms with Crippen LogP contribution in [0.25, 0.3) is 0 Å². The molecule has 0 aliphatic rings. The molecule has 2 aromatic rings. The molecule has 0 aliphatic carbocycles. The van der Waals surface area contributed by atoms with Gasteiger partial charge in [-0.05, 0) is 43.5 Å². The van der Waals surface area contributed by atoms with Gasteiger partial charge in [0.1, 0.15) is 35.3 Å². The Morgan fingerprint density at radius 3 is 1.58 bits per heavy atom. The summed E-state index contributed by atoms with van der Waals surface area (Å²) in [5.41, 5.74) is 2.02. The summed E-state index contributed by atoms with van der Waals surface area (Å²) >= 11 is 0. The number of nitrogens with zero attached hydrogens (tertiary/aromatic N) is 1. The molecule has 0 radical (unpaired) electrons. The Balaban J connectivity index is 2.33. The van der Waals surface area contributed by atoms with Crippen LogP contribution in [-0.2, 0) is 9.63 Å². The van der Waals surface area contributed by atoms with E-state index in [0.29, 0.717) is 48.2 Å². The van der Waals surface area contributed by atoms with Crippen molar-refractivity contribution in [1.29, 1.82) is 0 Å². The average Bonchev–Trinajstić information content (AvgIpc) is 2.79. The van der Waals surface area contributed by atoms with Gasteiger partial charge in [0.2, 0.25) is 0 Å². The molecule has 0 atom stereocenters. The van der Waals surface area contributed by atoms with Crippen molar-refractivity contribution in [2.75, 3.05) is 35.0 Å². The molecule has 0 aromatic heterocycles. The van der Waals surface area contributed by atoms with E-state index >= 15 is 0 Å². The Morgan fingerprint density at radius 2 is 1.19 bits per heavy atom. The Hall–Kier alpha value is -3.42. The van der Waals surface area contributed by atoms with Gasteiger partial charge in [-0.1, -0.05) is 5.16 Å². The number of unbranched alkanes of at least 4 members (excludes halogenated alkanes) is 2. The van der Waals surface area contributed by atoms with Gasteiger partial charge in [-0.2, -0.15) is 0 Å². The molecule has 0 amide bonds. The van der Waals surface area contributed by atoms with Gasteiger partial charge in [0, 0.05) is 29.7 Å². The summed E-state index contributed by atoms with van der Waals surface area (Å²) in [4.78, 5) is 16.2. The molecule has 0 fully saturated rings. The van der Waals surface area contributed by atoms with Crippen LogP contribution in [0.1, 0.15) is 36.8 Å². The lowest BCUT2D eigenvalue weighted by molar-refractivity contribution is -0.137. The van der Waals surface area contributed by atoms with Crippen LogP contribution < -0.4 is 18.9 Å². The largest absolute Gasteiger partial charge is 0.497 e. The van der Waals surface area contributed by atoms with Gasteiger partial charge in [-0.3, -0.25) is 4.79 Å². The number of methoxy groups -OCH3 is 4. The van der Waals surface area contributed by atoms with Crippen molar-refractivity contribution in [2.45, 2.75) is 25.7 Å². The monoisotopic (exact) mass is 431 g/mol. The molecule has 0 saturated carbocycles. The van der Waals surface area contributed by atoms with Crippen molar-refractivity contribution in [1.82, 2.24) is 0 Å². The van der Waals surface area contributed by atoms with E-state index in [1.165, 1.54) is 0 Å². The fourth-order valence-electron chi connectivity index (χ4n) is 2.89. The standard InChI is InChI=1S/C23H29NO7/c1-27-18-10-16(11-19(14-18)28-2)23(24-31-9-7-5-6-8-22(25)26)17-12-20(29-3)15-21(13-17)30-4/h10-15H,5-9H2,1-4H3,(H,25,26). The van der Waals surface area contributed by atoms with Crippen LogP contribution >= 0.6 is 0 Å². The first-order valence-corrected chi connectivity index (χ1v) is 9.89. The van der Waals surface area contributed by atoms with E-state index in [9.17, 15) is 4.79 Å². The fourth-order valence-corrected chi connectivity index (χ4v) is 2.89. The third-order valence-electron chi connectivity index (χ3n) is 4.53. The number of rotatable bonds is 13. The number of benzene rings is 2. The number of carboxylic acid groups (broad SMARTS) is 1. The molecular weight excluding hydrogens is 402 g/mol. The minimum absolute atomic E-state index is 0.154. The van der Waals surface area contributed by atoms with Crippen LogP contribution in [0.3, 0.4) is 0 Å². The molecule has 168 valence electrons. The molecule has 0 spiro atoms. The van der Waals surface area contributed by atoms with Crippen LogP contribution in [0.5, 0.6) is 23.0 Å². The molecule has 2 rings (SSSR count). The number of aliphatic carboxylic acids is 1. The molecule has 1 N–H and O–H groups in total. The predicted molar refractivity (Wildman–Crippen MR) is 117 cm³/mol. The molecule has 31 heavy (non-hydrogen) atoms. The minimum atomic E-state index is -0.792. The maximum atomic E-state index is 10.6. The zero-order valence-corrected chi connectivity index (χ0v) is 18.3. The summed E-state index contributed by atoms with van der Waals surface area (Å²) in [5.74, 6) is 1.67. The summed E-state index contributed by atoms with van der Waals surface area (Å²) in [6.07, 6.45) is 2.21. The summed E-state index contributed by atoms with van der Waals surface area (Å²) < 4.78 is 21.6. The second kappa shape index (κ2) is 12.3. The zero-order valence-electron chi connectivity index (χ0n) is 18.3. The Morgan fingerprint density at radius 1 is 0.742 bits per heavy atom. The molecule has 8 nitrogen and oxygen atoms in total. The number of oxime groups is 1. The van der Waals surface area contributed by atoms with Crippen LogP contribution in [0.2, 0.25) is 0 Å². The smallest absolute Gasteiger partial charge is 0.303 e. The number of carbonyl (C=O) groups is 1. The molecule has 2 aromatic carbocycles. The molecule has 0 heterocycles. The molecule has 0 saturated heterocycles. The number of hydrogen-bond acceptors (Lipinski definition) is 7. The second-order valence-corrected chi connectivity index (χ2v) is 6.68. The second-order valence-electron chi connectivity index (χ2n) is 6.68. The van der Waals surface area contributed by atoms with Gasteiger partial charge in [0.25, 0.3) is 0 Å². The highest BCUT2D eigenvalue weighted by Gasteiger charge is 2.15. The van der Waals surface area contributed by atoms with E-state index in [-0.39, 0.29) is 6.42 Å². The quantitative estimate of drug-likeness (QED) is 0.289. The SMILES string of the molecule is COc1cc(OC)cc(C(=NOCCCCCC(=O)O)c2cc(OC)cc(OC)c2)c1. The lowest BCUT2D eigenvalue weighted by Crippen LogP contribution is -2.07. The maximum absolute atomic E-state index is 10.6. The van der Waals surface area contributed by atoms with E-state index in [4.69, 9.17) is 28.9 Å². The normalized spacial score (nSPS) is 10.2. The van der Waals surface area contributed by atoms with Gasteiger partial charge < -0.3 is 28.9 Å². The van der Waals surface area contributed by atoms with Crippen molar-refractivity contribution in [2.24, 2.45) is 5.16 Å². The first kappa shape index (κ1) is 23.9. The van der Waals surface area contributed by atoms with Gasteiger partial charge >= 0.3 is 5.97 Å². The first-order valence-electron chi connectivity index (χ1n) is 9.89. The lowest BCUT2D eigenvalue weighted by atomic mass is 10.0. The van der Waals surface area contributed by atoms with Crippen molar-refractivity contribution in [3.8, 4) is 23.0 Å². The van der Waals surface area contributed by atoms with Crippen molar-refractivity contribution in [3.05, 3.63) is 47.5 Å². The molecule has 0 unspecified atom stereocenters. The molecular formula is C23H29NO7. The number of hydrogen-bond donors (Lipinski definition) is 1. The summed E-state index contributed by atoms with van der Waals surface area (Å²) in [5, 5.41) is 13.1. The highest BCUT2D eigenvalue weighted by atomic mass is 16.6. The fraction of sp³-hybridized carbons (Fsp3) is 0.391. The summed E-state index contributed by atoms with van der Waals surface area (Å²) in [6.45, 7) is 0.366. The maximum Gasteiger partial charge on any atom is 0.303 e. The van der Waals surface area contributed by atoms with Crippen LogP contribution in [0.4, 0.5) is 0 Å². The van der Waals surface area contributed by atoms with E-state index in [0.717, 1.165) is 17.5 Å². The van der Waals surface area contributed by atoms with Crippen molar-refractivity contribution in [3.63, 3.8) is 0 Å². The minimum Gasteiger partial charge on any atom is -0.497 e. The van der Waals surface area contributed by atoms with Gasteiger partial charge in [-0.15, -0.1) is 0 Å². The van der Waals surface area contributed by atoms with Crippen LogP contribution in [0.15, 0.2) is 41.6 Å². The molecule has 0 bridgehead atoms. The van der Waals surface area contributed by atoms with Crippen molar-refractivity contribution >= 4 is 11.7 Å². The Bertz CT molecular complexity index is 793. The van der Waals surface area contributed by atoms with Crippen LogP contribution in [-0.4, -0.2) is 51.8 Å².